The Kier molecular flexibility index (Phi) is 3.49. The van der Waals surface area contributed by atoms with Crippen LogP contribution < -0.4 is 4.57 Å². The number of pyridine rings is 1. The first-order valence-corrected chi connectivity index (χ1v) is 6.72. The molecule has 3 rings (SSSR count). The lowest BCUT2D eigenvalue weighted by Crippen LogP contribution is -2.28. The van der Waals surface area contributed by atoms with Crippen molar-refractivity contribution in [2.24, 2.45) is 7.05 Å². The molecule has 0 N–H and O–H groups in total. The second-order valence-electron chi connectivity index (χ2n) is 4.85. The molecule has 1 heterocycles. The molecule has 3 aromatic rings. The van der Waals surface area contributed by atoms with Gasteiger partial charge in [-0.2, -0.15) is 0 Å². The standard InChI is InChI=1S/C19H14NO/c1-20-13-12-17(18-4-2-3-5-19(18)20)11-10-15-6-8-16(14-21)9-7-15/h2-9,12-14H,1H3/q+1. The van der Waals surface area contributed by atoms with E-state index in [1.54, 1.807) is 12.1 Å². The Bertz CT molecular complexity index is 867. The van der Waals surface area contributed by atoms with Gasteiger partial charge in [-0.25, -0.2) is 4.57 Å². The Morgan fingerprint density at radius 3 is 2.48 bits per heavy atom. The minimum atomic E-state index is 0.665. The highest BCUT2D eigenvalue weighted by Crippen LogP contribution is 2.14. The van der Waals surface area contributed by atoms with Crippen LogP contribution in [0, 0.1) is 11.8 Å². The topological polar surface area (TPSA) is 20.9 Å². The highest BCUT2D eigenvalue weighted by Gasteiger charge is 2.06. The largest absolute Gasteiger partial charge is 0.298 e. The Hall–Kier alpha value is -2.92. The maximum Gasteiger partial charge on any atom is 0.213 e. The molecule has 0 saturated carbocycles. The number of nitrogens with zero attached hydrogens (tertiary/aromatic N) is 1. The number of hydrogen-bond acceptors (Lipinski definition) is 1. The van der Waals surface area contributed by atoms with E-state index in [1.807, 2.05) is 43.6 Å². The van der Waals surface area contributed by atoms with Crippen molar-refractivity contribution in [3.8, 4) is 11.8 Å². The van der Waals surface area contributed by atoms with Crippen LogP contribution in [0.2, 0.25) is 0 Å². The Labute approximate surface area is 123 Å². The van der Waals surface area contributed by atoms with Gasteiger partial charge in [-0.05, 0) is 18.2 Å². The average molecular weight is 272 g/mol. The first kappa shape index (κ1) is 13.1. The van der Waals surface area contributed by atoms with Gasteiger partial charge < -0.3 is 0 Å². The van der Waals surface area contributed by atoms with Crippen molar-refractivity contribution in [1.82, 2.24) is 0 Å². The molecule has 0 aliphatic rings. The zero-order chi connectivity index (χ0) is 14.7. The van der Waals surface area contributed by atoms with E-state index >= 15 is 0 Å². The van der Waals surface area contributed by atoms with Crippen molar-refractivity contribution in [1.29, 1.82) is 0 Å². The monoisotopic (exact) mass is 272 g/mol. The third kappa shape index (κ3) is 2.68. The zero-order valence-corrected chi connectivity index (χ0v) is 11.7. The normalized spacial score (nSPS) is 9.95. The van der Waals surface area contributed by atoms with Gasteiger partial charge in [0, 0.05) is 28.8 Å². The zero-order valence-electron chi connectivity index (χ0n) is 11.7. The SMILES string of the molecule is C[n+]1ccc(C#Cc2ccc(C=O)cc2)c2ccccc21. The molecule has 2 heteroatoms. The molecule has 0 aliphatic heterocycles. The summed E-state index contributed by atoms with van der Waals surface area (Å²) in [4.78, 5) is 10.6. The van der Waals surface area contributed by atoms with E-state index in [1.165, 1.54) is 0 Å². The van der Waals surface area contributed by atoms with E-state index in [-0.39, 0.29) is 0 Å². The van der Waals surface area contributed by atoms with Crippen LogP contribution in [0.25, 0.3) is 10.9 Å². The summed E-state index contributed by atoms with van der Waals surface area (Å²) >= 11 is 0. The van der Waals surface area contributed by atoms with Gasteiger partial charge in [-0.1, -0.05) is 36.1 Å². The average Bonchev–Trinajstić information content (AvgIpc) is 2.55. The van der Waals surface area contributed by atoms with Gasteiger partial charge in [0.1, 0.15) is 13.3 Å². The fourth-order valence-electron chi connectivity index (χ4n) is 2.26. The van der Waals surface area contributed by atoms with Crippen LogP contribution in [0.4, 0.5) is 0 Å². The summed E-state index contributed by atoms with van der Waals surface area (Å²) in [6.07, 6.45) is 2.85. The fourth-order valence-corrected chi connectivity index (χ4v) is 2.26. The van der Waals surface area contributed by atoms with Crippen molar-refractivity contribution >= 4 is 17.2 Å². The molecule has 0 radical (unpaired) electrons. The lowest BCUT2D eigenvalue weighted by molar-refractivity contribution is -0.644. The lowest BCUT2D eigenvalue weighted by Gasteiger charge is -1.98. The molecule has 2 nitrogen and oxygen atoms in total. The van der Waals surface area contributed by atoms with Gasteiger partial charge >= 0.3 is 0 Å². The number of carbonyl (C=O) groups is 1. The number of rotatable bonds is 1. The van der Waals surface area contributed by atoms with Gasteiger partial charge in [-0.3, -0.25) is 4.79 Å². The molecule has 100 valence electrons. The van der Waals surface area contributed by atoms with Crippen LogP contribution >= 0.6 is 0 Å². The third-order valence-electron chi connectivity index (χ3n) is 3.43. The van der Waals surface area contributed by atoms with Gasteiger partial charge in [0.05, 0.1) is 5.39 Å². The number of aryl methyl sites for hydroxylation is 1. The number of hydrogen-bond donors (Lipinski definition) is 0. The van der Waals surface area contributed by atoms with Crippen LogP contribution in [0.1, 0.15) is 21.5 Å². The molecule has 0 saturated heterocycles. The van der Waals surface area contributed by atoms with Crippen molar-refractivity contribution in [3.05, 3.63) is 77.5 Å². The second kappa shape index (κ2) is 5.60. The summed E-state index contributed by atoms with van der Waals surface area (Å²) < 4.78 is 2.08. The molecular formula is C19H14NO+. The molecule has 0 atom stereocenters. The first-order valence-electron chi connectivity index (χ1n) is 6.72. The van der Waals surface area contributed by atoms with Crippen molar-refractivity contribution in [3.63, 3.8) is 0 Å². The summed E-state index contributed by atoms with van der Waals surface area (Å²) in [6, 6.07) is 17.5. The van der Waals surface area contributed by atoms with E-state index in [0.29, 0.717) is 5.56 Å². The summed E-state index contributed by atoms with van der Waals surface area (Å²) in [5, 5.41) is 1.14. The van der Waals surface area contributed by atoms with Crippen LogP contribution in [0.15, 0.2) is 60.8 Å². The fraction of sp³-hybridized carbons (Fsp3) is 0.0526. The summed E-state index contributed by atoms with van der Waals surface area (Å²) in [5.74, 6) is 6.37. The van der Waals surface area contributed by atoms with Crippen LogP contribution in [0.3, 0.4) is 0 Å². The summed E-state index contributed by atoms with van der Waals surface area (Å²) in [5.41, 5.74) is 3.72. The predicted octanol–water partition coefficient (Wildman–Crippen LogP) is 2.88. The van der Waals surface area contributed by atoms with Crippen LogP contribution in [-0.4, -0.2) is 6.29 Å². The molecule has 1 aromatic heterocycles. The van der Waals surface area contributed by atoms with E-state index in [0.717, 1.165) is 28.3 Å². The maximum atomic E-state index is 10.6. The van der Waals surface area contributed by atoms with Crippen molar-refractivity contribution in [2.75, 3.05) is 0 Å². The summed E-state index contributed by atoms with van der Waals surface area (Å²) in [6.45, 7) is 0. The summed E-state index contributed by atoms with van der Waals surface area (Å²) in [7, 11) is 2.03. The molecule has 0 aliphatic carbocycles. The molecule has 0 amide bonds. The van der Waals surface area contributed by atoms with Gasteiger partial charge in [0.15, 0.2) is 6.20 Å². The molecule has 0 fully saturated rings. The smallest absolute Gasteiger partial charge is 0.213 e. The van der Waals surface area contributed by atoms with E-state index < -0.39 is 0 Å². The van der Waals surface area contributed by atoms with E-state index in [2.05, 4.69) is 28.5 Å². The minimum Gasteiger partial charge on any atom is -0.298 e. The molecule has 0 bridgehead atoms. The van der Waals surface area contributed by atoms with E-state index in [9.17, 15) is 4.79 Å². The van der Waals surface area contributed by atoms with Gasteiger partial charge in [0.2, 0.25) is 5.52 Å². The molecular weight excluding hydrogens is 258 g/mol. The quantitative estimate of drug-likeness (QED) is 0.379. The lowest BCUT2D eigenvalue weighted by atomic mass is 10.1. The minimum absolute atomic E-state index is 0.665. The molecule has 0 spiro atoms. The number of carbonyl (C=O) groups excluding carboxylic acids is 1. The maximum absolute atomic E-state index is 10.6. The van der Waals surface area contributed by atoms with Crippen LogP contribution in [-0.2, 0) is 7.05 Å². The molecule has 21 heavy (non-hydrogen) atoms. The third-order valence-corrected chi connectivity index (χ3v) is 3.43. The van der Waals surface area contributed by atoms with Crippen molar-refractivity contribution in [2.45, 2.75) is 0 Å². The number of fused-ring (bicyclic) bond motifs is 1. The Balaban J connectivity index is 2.04. The number of para-hydroxylation sites is 1. The number of aromatic nitrogens is 1. The number of benzene rings is 2. The Morgan fingerprint density at radius 1 is 0.952 bits per heavy atom. The van der Waals surface area contributed by atoms with E-state index in [4.69, 9.17) is 0 Å². The number of aldehydes is 1. The molecule has 0 unspecified atom stereocenters. The van der Waals surface area contributed by atoms with Crippen LogP contribution in [0.5, 0.6) is 0 Å². The Morgan fingerprint density at radius 2 is 1.71 bits per heavy atom. The second-order valence-corrected chi connectivity index (χ2v) is 4.85. The highest BCUT2D eigenvalue weighted by atomic mass is 16.1. The van der Waals surface area contributed by atoms with Gasteiger partial charge in [-0.15, -0.1) is 0 Å². The van der Waals surface area contributed by atoms with Crippen molar-refractivity contribution < 1.29 is 9.36 Å². The molecule has 2 aromatic carbocycles. The highest BCUT2D eigenvalue weighted by molar-refractivity contribution is 5.82. The first-order chi connectivity index (χ1) is 10.3. The van der Waals surface area contributed by atoms with Gasteiger partial charge in [0.25, 0.3) is 0 Å². The predicted molar refractivity (Wildman–Crippen MR) is 82.9 cm³/mol.